The normalized spacial score (nSPS) is 25.3. The molecular formula is C14H28N2O. The van der Waals surface area contributed by atoms with Crippen LogP contribution in [0.1, 0.15) is 60.3 Å². The first-order valence-corrected chi connectivity index (χ1v) is 6.71. The molecule has 3 heteroatoms. The fourth-order valence-electron chi connectivity index (χ4n) is 3.44. The van der Waals surface area contributed by atoms with E-state index in [1.165, 1.54) is 6.42 Å². The van der Waals surface area contributed by atoms with Crippen molar-refractivity contribution in [3.8, 4) is 0 Å². The lowest BCUT2D eigenvalue weighted by molar-refractivity contribution is -0.124. The predicted molar refractivity (Wildman–Crippen MR) is 71.6 cm³/mol. The lowest BCUT2D eigenvalue weighted by atomic mass is 9.63. The summed E-state index contributed by atoms with van der Waals surface area (Å²) < 4.78 is 0. The van der Waals surface area contributed by atoms with E-state index in [0.29, 0.717) is 17.3 Å². The largest absolute Gasteiger partial charge is 0.352 e. The van der Waals surface area contributed by atoms with Crippen LogP contribution in [0.15, 0.2) is 0 Å². The average molecular weight is 240 g/mol. The van der Waals surface area contributed by atoms with Crippen molar-refractivity contribution < 1.29 is 4.79 Å². The molecule has 1 saturated carbocycles. The van der Waals surface area contributed by atoms with Gasteiger partial charge in [0.2, 0.25) is 5.91 Å². The first-order chi connectivity index (χ1) is 7.65. The minimum atomic E-state index is -0.358. The fourth-order valence-corrected chi connectivity index (χ4v) is 3.44. The summed E-state index contributed by atoms with van der Waals surface area (Å²) in [5, 5.41) is 3.12. The Morgan fingerprint density at radius 2 is 1.76 bits per heavy atom. The second-order valence-electron chi connectivity index (χ2n) is 7.13. The van der Waals surface area contributed by atoms with Crippen LogP contribution in [0.3, 0.4) is 0 Å². The van der Waals surface area contributed by atoms with E-state index in [1.54, 1.807) is 0 Å². The van der Waals surface area contributed by atoms with Crippen LogP contribution in [-0.2, 0) is 4.79 Å². The highest BCUT2D eigenvalue weighted by molar-refractivity contribution is 5.81. The summed E-state index contributed by atoms with van der Waals surface area (Å²) in [5.41, 5.74) is 6.36. The van der Waals surface area contributed by atoms with Crippen molar-refractivity contribution in [2.45, 2.75) is 72.4 Å². The summed E-state index contributed by atoms with van der Waals surface area (Å²) in [5.74, 6) is 0.00556. The van der Waals surface area contributed by atoms with E-state index in [0.717, 1.165) is 12.8 Å². The van der Waals surface area contributed by atoms with E-state index in [4.69, 9.17) is 5.73 Å². The Kier molecular flexibility index (Phi) is 4.23. The third-order valence-electron chi connectivity index (χ3n) is 3.68. The quantitative estimate of drug-likeness (QED) is 0.796. The molecule has 1 fully saturated rings. The molecule has 1 amide bonds. The molecule has 3 nitrogen and oxygen atoms in total. The van der Waals surface area contributed by atoms with Crippen LogP contribution in [0.4, 0.5) is 0 Å². The SMILES string of the molecule is CCC(N)C(=O)NC1CC(C)(C)CC(C)(C)C1. The van der Waals surface area contributed by atoms with Gasteiger partial charge in [-0.3, -0.25) is 4.79 Å². The van der Waals surface area contributed by atoms with E-state index >= 15 is 0 Å². The van der Waals surface area contributed by atoms with Gasteiger partial charge < -0.3 is 11.1 Å². The van der Waals surface area contributed by atoms with Crippen LogP contribution in [0, 0.1) is 10.8 Å². The summed E-state index contributed by atoms with van der Waals surface area (Å²) in [6.45, 7) is 11.1. The average Bonchev–Trinajstić information content (AvgIpc) is 2.11. The van der Waals surface area contributed by atoms with Gasteiger partial charge in [0.25, 0.3) is 0 Å². The van der Waals surface area contributed by atoms with Gasteiger partial charge in [-0.1, -0.05) is 34.6 Å². The second-order valence-corrected chi connectivity index (χ2v) is 7.13. The number of rotatable bonds is 3. The number of hydrogen-bond acceptors (Lipinski definition) is 2. The van der Waals surface area contributed by atoms with Gasteiger partial charge in [-0.05, 0) is 36.5 Å². The van der Waals surface area contributed by atoms with Crippen molar-refractivity contribution in [3.63, 3.8) is 0 Å². The fraction of sp³-hybridized carbons (Fsp3) is 0.929. The minimum Gasteiger partial charge on any atom is -0.352 e. The molecule has 1 aliphatic rings. The maximum atomic E-state index is 11.8. The number of nitrogens with one attached hydrogen (secondary N) is 1. The first-order valence-electron chi connectivity index (χ1n) is 6.71. The molecule has 100 valence electrons. The molecule has 17 heavy (non-hydrogen) atoms. The highest BCUT2D eigenvalue weighted by atomic mass is 16.2. The number of carbonyl (C=O) groups excluding carboxylic acids is 1. The lowest BCUT2D eigenvalue weighted by Crippen LogP contribution is -2.50. The highest BCUT2D eigenvalue weighted by Gasteiger charge is 2.39. The Balaban J connectivity index is 2.63. The summed E-state index contributed by atoms with van der Waals surface area (Å²) in [7, 11) is 0. The van der Waals surface area contributed by atoms with Crippen LogP contribution in [0.5, 0.6) is 0 Å². The van der Waals surface area contributed by atoms with Gasteiger partial charge in [0, 0.05) is 6.04 Å². The number of nitrogens with two attached hydrogens (primary N) is 1. The zero-order valence-corrected chi connectivity index (χ0v) is 12.0. The number of carbonyl (C=O) groups is 1. The van der Waals surface area contributed by atoms with Gasteiger partial charge in [0.05, 0.1) is 6.04 Å². The molecule has 0 saturated heterocycles. The molecular weight excluding hydrogens is 212 g/mol. The summed E-state index contributed by atoms with van der Waals surface area (Å²) >= 11 is 0. The molecule has 1 aliphatic carbocycles. The number of hydrogen-bond donors (Lipinski definition) is 2. The Labute approximate surface area is 106 Å². The van der Waals surface area contributed by atoms with E-state index in [1.807, 2.05) is 6.92 Å². The van der Waals surface area contributed by atoms with Crippen LogP contribution < -0.4 is 11.1 Å². The maximum Gasteiger partial charge on any atom is 0.237 e. The molecule has 3 N–H and O–H groups in total. The maximum absolute atomic E-state index is 11.8. The van der Waals surface area contributed by atoms with Crippen molar-refractivity contribution in [2.24, 2.45) is 16.6 Å². The molecule has 0 aromatic heterocycles. The third-order valence-corrected chi connectivity index (χ3v) is 3.68. The van der Waals surface area contributed by atoms with Crippen molar-refractivity contribution in [3.05, 3.63) is 0 Å². The molecule has 0 bridgehead atoms. The third kappa shape index (κ3) is 4.30. The van der Waals surface area contributed by atoms with E-state index < -0.39 is 0 Å². The second kappa shape index (κ2) is 4.97. The number of amides is 1. The van der Waals surface area contributed by atoms with Crippen LogP contribution in [-0.4, -0.2) is 18.0 Å². The molecule has 0 radical (unpaired) electrons. The van der Waals surface area contributed by atoms with Crippen molar-refractivity contribution in [2.75, 3.05) is 0 Å². The molecule has 1 atom stereocenters. The van der Waals surface area contributed by atoms with Gasteiger partial charge in [-0.25, -0.2) is 0 Å². The van der Waals surface area contributed by atoms with Crippen molar-refractivity contribution >= 4 is 5.91 Å². The van der Waals surface area contributed by atoms with E-state index in [-0.39, 0.29) is 18.0 Å². The lowest BCUT2D eigenvalue weighted by Gasteiger charge is -2.45. The Bertz CT molecular complexity index is 268. The molecule has 1 rings (SSSR count). The van der Waals surface area contributed by atoms with Crippen LogP contribution >= 0.6 is 0 Å². The Morgan fingerprint density at radius 3 is 2.18 bits per heavy atom. The zero-order valence-electron chi connectivity index (χ0n) is 12.0. The Morgan fingerprint density at radius 1 is 1.29 bits per heavy atom. The topological polar surface area (TPSA) is 55.1 Å². The predicted octanol–water partition coefficient (Wildman–Crippen LogP) is 2.44. The highest BCUT2D eigenvalue weighted by Crippen LogP contribution is 2.45. The van der Waals surface area contributed by atoms with Gasteiger partial charge in [-0.15, -0.1) is 0 Å². The molecule has 0 aromatic carbocycles. The summed E-state index contributed by atoms with van der Waals surface area (Å²) in [6, 6.07) is -0.0815. The summed E-state index contributed by atoms with van der Waals surface area (Å²) in [4.78, 5) is 11.8. The molecule has 0 spiro atoms. The monoisotopic (exact) mass is 240 g/mol. The van der Waals surface area contributed by atoms with Crippen molar-refractivity contribution in [1.29, 1.82) is 0 Å². The van der Waals surface area contributed by atoms with E-state index in [2.05, 4.69) is 33.0 Å². The molecule has 0 heterocycles. The molecule has 0 aliphatic heterocycles. The van der Waals surface area contributed by atoms with E-state index in [9.17, 15) is 4.79 Å². The van der Waals surface area contributed by atoms with Gasteiger partial charge in [0.1, 0.15) is 0 Å². The minimum absolute atomic E-state index is 0.00556. The standard InChI is InChI=1S/C14H28N2O/c1-6-11(15)12(17)16-10-7-13(2,3)9-14(4,5)8-10/h10-11H,6-9,15H2,1-5H3,(H,16,17). The first kappa shape index (κ1) is 14.5. The van der Waals surface area contributed by atoms with Crippen LogP contribution in [0.2, 0.25) is 0 Å². The Hall–Kier alpha value is -0.570. The zero-order chi connectivity index (χ0) is 13.3. The van der Waals surface area contributed by atoms with Gasteiger partial charge in [0.15, 0.2) is 0 Å². The molecule has 1 unspecified atom stereocenters. The smallest absolute Gasteiger partial charge is 0.237 e. The molecule has 0 aromatic rings. The van der Waals surface area contributed by atoms with Gasteiger partial charge >= 0.3 is 0 Å². The van der Waals surface area contributed by atoms with Crippen molar-refractivity contribution in [1.82, 2.24) is 5.32 Å². The van der Waals surface area contributed by atoms with Gasteiger partial charge in [-0.2, -0.15) is 0 Å². The van der Waals surface area contributed by atoms with Crippen LogP contribution in [0.25, 0.3) is 0 Å². The summed E-state index contributed by atoms with van der Waals surface area (Å²) in [6.07, 6.45) is 4.02.